The van der Waals surface area contributed by atoms with E-state index in [1.54, 1.807) is 6.92 Å². The monoisotopic (exact) mass is 524 g/mol. The minimum atomic E-state index is -0.179. The lowest BCUT2D eigenvalue weighted by atomic mass is 9.46. The van der Waals surface area contributed by atoms with Gasteiger partial charge in [-0.05, 0) is 91.8 Å². The van der Waals surface area contributed by atoms with E-state index < -0.39 is 0 Å². The fourth-order valence-corrected chi connectivity index (χ4v) is 10.3. The van der Waals surface area contributed by atoms with Gasteiger partial charge in [0.05, 0.1) is 0 Å². The summed E-state index contributed by atoms with van der Waals surface area (Å²) in [6, 6.07) is 0.222. The predicted octanol–water partition coefficient (Wildman–Crippen LogP) is 6.26. The van der Waals surface area contributed by atoms with Crippen LogP contribution in [0.1, 0.15) is 99.3 Å². The minimum Gasteiger partial charge on any atom is -0.462 e. The van der Waals surface area contributed by atoms with Crippen LogP contribution in [-0.4, -0.2) is 41.6 Å². The second-order valence-electron chi connectivity index (χ2n) is 14.0. The molecule has 3 saturated carbocycles. The number of allylic oxidation sites excluding steroid dienone is 1. The number of fused-ring (bicyclic) bond motifs is 5. The number of esters is 2. The van der Waals surface area contributed by atoms with E-state index in [1.165, 1.54) is 18.9 Å². The molecular weight excluding hydrogens is 476 g/mol. The highest BCUT2D eigenvalue weighted by Gasteiger charge is 2.63. The van der Waals surface area contributed by atoms with E-state index in [1.807, 2.05) is 4.90 Å². The lowest BCUT2D eigenvalue weighted by Gasteiger charge is -2.58. The molecule has 4 fully saturated rings. The zero-order valence-corrected chi connectivity index (χ0v) is 24.4. The Labute approximate surface area is 229 Å². The smallest absolute Gasteiger partial charge is 0.302 e. The van der Waals surface area contributed by atoms with E-state index in [2.05, 4.69) is 40.0 Å². The molecule has 210 valence electrons. The Hall–Kier alpha value is -2.03. The van der Waals surface area contributed by atoms with Crippen molar-refractivity contribution in [2.45, 2.75) is 118 Å². The van der Waals surface area contributed by atoms with Gasteiger partial charge in [-0.25, -0.2) is 0 Å². The first kappa shape index (κ1) is 27.5. The second-order valence-corrected chi connectivity index (χ2v) is 14.0. The number of carbonyl (C=O) groups is 2. The number of hydrogen-bond acceptors (Lipinski definition) is 6. The maximum Gasteiger partial charge on any atom is 0.302 e. The highest BCUT2D eigenvalue weighted by molar-refractivity contribution is 5.66. The average molecular weight is 525 g/mol. The van der Waals surface area contributed by atoms with Crippen molar-refractivity contribution in [1.29, 1.82) is 5.26 Å². The molecule has 4 aliphatic carbocycles. The summed E-state index contributed by atoms with van der Waals surface area (Å²) in [7, 11) is 0. The molecule has 0 aromatic carbocycles. The maximum atomic E-state index is 12.3. The molecule has 0 aromatic heterocycles. The van der Waals surface area contributed by atoms with Crippen molar-refractivity contribution < 1.29 is 19.1 Å². The van der Waals surface area contributed by atoms with Crippen molar-refractivity contribution in [2.75, 3.05) is 6.54 Å². The van der Waals surface area contributed by atoms with Crippen LogP contribution in [0.5, 0.6) is 0 Å². The number of likely N-dealkylation sites (tertiary alicyclic amines) is 1. The highest BCUT2D eigenvalue weighted by atomic mass is 16.5. The van der Waals surface area contributed by atoms with Crippen molar-refractivity contribution in [3.05, 3.63) is 11.6 Å². The topological polar surface area (TPSA) is 79.6 Å². The van der Waals surface area contributed by atoms with E-state index in [0.29, 0.717) is 29.6 Å². The van der Waals surface area contributed by atoms with Crippen LogP contribution in [0.3, 0.4) is 0 Å². The Morgan fingerprint density at radius 3 is 2.50 bits per heavy atom. The Kier molecular flexibility index (Phi) is 7.37. The van der Waals surface area contributed by atoms with Crippen molar-refractivity contribution in [2.24, 2.45) is 46.3 Å². The summed E-state index contributed by atoms with van der Waals surface area (Å²) >= 11 is 0. The largest absolute Gasteiger partial charge is 0.462 e. The number of nitrogens with zero attached hydrogens (tertiary/aromatic N) is 2. The van der Waals surface area contributed by atoms with Gasteiger partial charge in [-0.15, -0.1) is 0 Å². The van der Waals surface area contributed by atoms with Gasteiger partial charge in [0.2, 0.25) is 0 Å². The van der Waals surface area contributed by atoms with Gasteiger partial charge >= 0.3 is 11.9 Å². The summed E-state index contributed by atoms with van der Waals surface area (Å²) in [4.78, 5) is 26.0. The first-order chi connectivity index (χ1) is 18.0. The zero-order chi connectivity index (χ0) is 27.4. The van der Waals surface area contributed by atoms with Crippen molar-refractivity contribution in [3.8, 4) is 6.19 Å². The summed E-state index contributed by atoms with van der Waals surface area (Å²) in [6.07, 6.45) is 14.4. The molecule has 0 unspecified atom stereocenters. The number of hydrogen-bond donors (Lipinski definition) is 0. The molecule has 11 atom stereocenters. The highest BCUT2D eigenvalue weighted by Crippen LogP contribution is 2.68. The quantitative estimate of drug-likeness (QED) is 0.245. The van der Waals surface area contributed by atoms with E-state index >= 15 is 0 Å². The molecule has 1 saturated heterocycles. The van der Waals surface area contributed by atoms with Gasteiger partial charge in [0.25, 0.3) is 0 Å². The lowest BCUT2D eigenvalue weighted by molar-refractivity contribution is -0.152. The van der Waals surface area contributed by atoms with Gasteiger partial charge in [0.1, 0.15) is 12.2 Å². The molecule has 0 aromatic rings. The summed E-state index contributed by atoms with van der Waals surface area (Å²) in [5.74, 6) is 2.47. The van der Waals surface area contributed by atoms with E-state index in [9.17, 15) is 14.9 Å². The van der Waals surface area contributed by atoms with Crippen LogP contribution in [0.4, 0.5) is 0 Å². The molecule has 1 heterocycles. The van der Waals surface area contributed by atoms with E-state index in [4.69, 9.17) is 9.47 Å². The van der Waals surface area contributed by atoms with Gasteiger partial charge in [-0.2, -0.15) is 5.26 Å². The Balaban J connectivity index is 1.43. The van der Waals surface area contributed by atoms with Gasteiger partial charge in [-0.1, -0.05) is 39.3 Å². The number of nitriles is 1. The van der Waals surface area contributed by atoms with Gasteiger partial charge in [-0.3, -0.25) is 9.59 Å². The van der Waals surface area contributed by atoms with Crippen LogP contribution in [0.2, 0.25) is 0 Å². The van der Waals surface area contributed by atoms with Crippen molar-refractivity contribution >= 4 is 11.9 Å². The van der Waals surface area contributed by atoms with E-state index in [-0.39, 0.29) is 46.9 Å². The molecule has 0 radical (unpaired) electrons. The van der Waals surface area contributed by atoms with Gasteiger partial charge in [0.15, 0.2) is 6.19 Å². The van der Waals surface area contributed by atoms with Crippen LogP contribution in [0, 0.1) is 57.8 Å². The molecule has 38 heavy (non-hydrogen) atoms. The van der Waals surface area contributed by atoms with Crippen LogP contribution in [0.25, 0.3) is 0 Å². The molecule has 0 spiro atoms. The zero-order valence-electron chi connectivity index (χ0n) is 24.4. The Bertz CT molecular complexity index is 1020. The van der Waals surface area contributed by atoms with E-state index in [0.717, 1.165) is 57.9 Å². The molecule has 5 rings (SSSR count). The van der Waals surface area contributed by atoms with Gasteiger partial charge < -0.3 is 14.4 Å². The van der Waals surface area contributed by atoms with Crippen LogP contribution >= 0.6 is 0 Å². The normalized spacial score (nSPS) is 45.0. The van der Waals surface area contributed by atoms with Gasteiger partial charge in [0, 0.05) is 38.8 Å². The SMILES string of the molecule is CC(=O)O[C@@H]1CC[C@]2(C)C(=CC[C@H]3[C@H]4C[C@H](OC(C)=O)[C@H]([C@H](C)[C@H]5CC[C@@H](C)CN5C#N)[C@]4(C)CC[C@@H]32)C1. The number of ether oxygens (including phenoxy) is 2. The maximum absolute atomic E-state index is 12.3. The van der Waals surface area contributed by atoms with Crippen LogP contribution < -0.4 is 0 Å². The summed E-state index contributed by atoms with van der Waals surface area (Å²) in [5, 5.41) is 10.00. The summed E-state index contributed by atoms with van der Waals surface area (Å²) in [6.45, 7) is 13.4. The van der Waals surface area contributed by atoms with Crippen LogP contribution in [0.15, 0.2) is 11.6 Å². The predicted molar refractivity (Wildman–Crippen MR) is 145 cm³/mol. The lowest BCUT2D eigenvalue weighted by Crippen LogP contribution is -2.53. The first-order valence-corrected chi connectivity index (χ1v) is 15.2. The molecule has 0 amide bonds. The third-order valence-electron chi connectivity index (χ3n) is 12.0. The fraction of sp³-hybridized carbons (Fsp3) is 0.844. The molecule has 1 aliphatic heterocycles. The second kappa shape index (κ2) is 10.2. The molecule has 6 heteroatoms. The molecule has 0 N–H and O–H groups in total. The average Bonchev–Trinajstić information content (AvgIpc) is 3.14. The number of carbonyl (C=O) groups excluding carboxylic acids is 2. The Morgan fingerprint density at radius 2 is 1.82 bits per heavy atom. The third-order valence-corrected chi connectivity index (χ3v) is 12.0. The van der Waals surface area contributed by atoms with Crippen molar-refractivity contribution in [1.82, 2.24) is 4.90 Å². The summed E-state index contributed by atoms with van der Waals surface area (Å²) < 4.78 is 11.8. The molecule has 6 nitrogen and oxygen atoms in total. The molecule has 5 aliphatic rings. The standard InChI is InChI=1S/C32H48N2O4/c1-19-7-10-28(34(17-19)18-33)20(2)30-29(38-22(4)36)16-27-25-9-8-23-15-24(37-21(3)35)11-13-31(23,5)26(25)12-14-32(27,30)6/h8,19-20,24-30H,7,9-17H2,1-6H3/t19-,20-,24-,25-,26+,27-,28-,29+,30+,31-,32-/m1/s1. The fourth-order valence-electron chi connectivity index (χ4n) is 10.3. The summed E-state index contributed by atoms with van der Waals surface area (Å²) in [5.41, 5.74) is 1.76. The third kappa shape index (κ3) is 4.56. The number of piperidine rings is 1. The molecule has 0 bridgehead atoms. The number of rotatable bonds is 4. The van der Waals surface area contributed by atoms with Crippen molar-refractivity contribution in [3.63, 3.8) is 0 Å². The molecular formula is C32H48N2O4. The first-order valence-electron chi connectivity index (χ1n) is 15.2. The van der Waals surface area contributed by atoms with Crippen LogP contribution in [-0.2, 0) is 19.1 Å². The Morgan fingerprint density at radius 1 is 1.08 bits per heavy atom. The minimum absolute atomic E-state index is 0.0172.